The van der Waals surface area contributed by atoms with Crippen LogP contribution in [0.4, 0.5) is 0 Å². The van der Waals surface area contributed by atoms with Crippen LogP contribution < -0.4 is 4.74 Å². The number of aromatic nitrogens is 2. The van der Waals surface area contributed by atoms with Crippen LogP contribution in [-0.2, 0) is 0 Å². The fraction of sp³-hybridized carbons (Fsp3) is 0.375. The number of hydrogen-bond acceptors (Lipinski definition) is 4. The molecule has 4 nitrogen and oxygen atoms in total. The topological polar surface area (TPSA) is 58.8 Å². The SMILES string of the molecule is N#Cc1cnc(OCCCBr)cn1. The lowest BCUT2D eigenvalue weighted by atomic mass is 10.5. The molecule has 0 unspecified atom stereocenters. The van der Waals surface area contributed by atoms with Gasteiger partial charge in [0.2, 0.25) is 5.88 Å². The standard InChI is InChI=1S/C8H8BrN3O/c9-2-1-3-13-8-6-11-7(4-10)5-12-8/h5-6H,1-3H2. The second kappa shape index (κ2) is 5.49. The van der Waals surface area contributed by atoms with E-state index in [1.54, 1.807) is 0 Å². The first kappa shape index (κ1) is 9.93. The molecule has 0 aromatic carbocycles. The van der Waals surface area contributed by atoms with Gasteiger partial charge in [-0.25, -0.2) is 9.97 Å². The lowest BCUT2D eigenvalue weighted by Crippen LogP contribution is -2.00. The zero-order valence-electron chi connectivity index (χ0n) is 6.90. The monoisotopic (exact) mass is 241 g/mol. The van der Waals surface area contributed by atoms with Gasteiger partial charge in [0, 0.05) is 5.33 Å². The van der Waals surface area contributed by atoms with E-state index in [1.807, 2.05) is 6.07 Å². The minimum atomic E-state index is 0.299. The molecule has 0 radical (unpaired) electrons. The molecule has 5 heteroatoms. The molecule has 0 saturated carbocycles. The molecule has 68 valence electrons. The highest BCUT2D eigenvalue weighted by atomic mass is 79.9. The summed E-state index contributed by atoms with van der Waals surface area (Å²) in [6.07, 6.45) is 3.76. The number of rotatable bonds is 4. The van der Waals surface area contributed by atoms with E-state index in [0.29, 0.717) is 18.2 Å². The first-order chi connectivity index (χ1) is 6.36. The summed E-state index contributed by atoms with van der Waals surface area (Å²) in [5.74, 6) is 0.458. The highest BCUT2D eigenvalue weighted by Gasteiger charge is 1.96. The van der Waals surface area contributed by atoms with Crippen molar-refractivity contribution in [3.8, 4) is 11.9 Å². The Hall–Kier alpha value is -1.15. The Bertz CT molecular complexity index is 293. The van der Waals surface area contributed by atoms with Crippen molar-refractivity contribution in [3.63, 3.8) is 0 Å². The molecular formula is C8H8BrN3O. The molecule has 0 saturated heterocycles. The molecule has 0 atom stereocenters. The van der Waals surface area contributed by atoms with Crippen LogP contribution in [0.3, 0.4) is 0 Å². The maximum absolute atomic E-state index is 8.44. The van der Waals surface area contributed by atoms with Crippen molar-refractivity contribution < 1.29 is 4.74 Å². The lowest BCUT2D eigenvalue weighted by molar-refractivity contribution is 0.305. The van der Waals surface area contributed by atoms with Gasteiger partial charge in [0.05, 0.1) is 19.0 Å². The average molecular weight is 242 g/mol. The molecule has 1 aromatic rings. The quantitative estimate of drug-likeness (QED) is 0.593. The van der Waals surface area contributed by atoms with Crippen LogP contribution in [0.2, 0.25) is 0 Å². The summed E-state index contributed by atoms with van der Waals surface area (Å²) in [7, 11) is 0. The number of alkyl halides is 1. The normalized spacial score (nSPS) is 9.23. The fourth-order valence-electron chi connectivity index (χ4n) is 0.680. The second-order valence-electron chi connectivity index (χ2n) is 2.24. The molecule has 0 aliphatic rings. The van der Waals surface area contributed by atoms with Crippen LogP contribution >= 0.6 is 15.9 Å². The second-order valence-corrected chi connectivity index (χ2v) is 3.04. The Morgan fingerprint density at radius 3 is 2.85 bits per heavy atom. The molecule has 0 N–H and O–H groups in total. The maximum atomic E-state index is 8.44. The van der Waals surface area contributed by atoms with Gasteiger partial charge in [-0.05, 0) is 6.42 Å². The highest BCUT2D eigenvalue weighted by molar-refractivity contribution is 9.09. The van der Waals surface area contributed by atoms with Crippen LogP contribution in [-0.4, -0.2) is 21.9 Å². The van der Waals surface area contributed by atoms with Crippen LogP contribution in [0.1, 0.15) is 12.1 Å². The smallest absolute Gasteiger partial charge is 0.232 e. The van der Waals surface area contributed by atoms with E-state index in [4.69, 9.17) is 10.00 Å². The molecular weight excluding hydrogens is 234 g/mol. The number of halogens is 1. The molecule has 0 fully saturated rings. The summed E-state index contributed by atoms with van der Waals surface area (Å²) in [6, 6.07) is 1.88. The fourth-order valence-corrected chi connectivity index (χ4v) is 0.909. The molecule has 0 aliphatic carbocycles. The van der Waals surface area contributed by atoms with Crippen molar-refractivity contribution in [2.24, 2.45) is 0 Å². The third-order valence-corrected chi connectivity index (χ3v) is 1.83. The molecule has 1 aromatic heterocycles. The summed E-state index contributed by atoms with van der Waals surface area (Å²) < 4.78 is 5.23. The van der Waals surface area contributed by atoms with Crippen LogP contribution in [0, 0.1) is 11.3 Å². The van der Waals surface area contributed by atoms with E-state index >= 15 is 0 Å². The lowest BCUT2D eigenvalue weighted by Gasteiger charge is -2.01. The molecule has 1 rings (SSSR count). The van der Waals surface area contributed by atoms with Gasteiger partial charge in [0.25, 0.3) is 0 Å². The van der Waals surface area contributed by atoms with Crippen molar-refractivity contribution >= 4 is 15.9 Å². The van der Waals surface area contributed by atoms with Crippen molar-refractivity contribution in [3.05, 3.63) is 18.1 Å². The third kappa shape index (κ3) is 3.38. The Morgan fingerprint density at radius 2 is 2.31 bits per heavy atom. The van der Waals surface area contributed by atoms with Gasteiger partial charge < -0.3 is 4.74 Å². The van der Waals surface area contributed by atoms with Crippen molar-refractivity contribution in [1.29, 1.82) is 5.26 Å². The summed E-state index contributed by atoms with van der Waals surface area (Å²) in [6.45, 7) is 0.603. The summed E-state index contributed by atoms with van der Waals surface area (Å²) in [5.41, 5.74) is 0.299. The van der Waals surface area contributed by atoms with Crippen molar-refractivity contribution in [1.82, 2.24) is 9.97 Å². The molecule has 0 amide bonds. The molecule has 13 heavy (non-hydrogen) atoms. The van der Waals surface area contributed by atoms with E-state index in [-0.39, 0.29) is 0 Å². The van der Waals surface area contributed by atoms with Gasteiger partial charge in [-0.2, -0.15) is 5.26 Å². The number of hydrogen-bond donors (Lipinski definition) is 0. The van der Waals surface area contributed by atoms with Crippen LogP contribution in [0.15, 0.2) is 12.4 Å². The summed E-state index contributed by atoms with van der Waals surface area (Å²) in [5, 5.41) is 9.34. The maximum Gasteiger partial charge on any atom is 0.232 e. The van der Waals surface area contributed by atoms with E-state index in [9.17, 15) is 0 Å². The van der Waals surface area contributed by atoms with E-state index < -0.39 is 0 Å². The minimum Gasteiger partial charge on any atom is -0.477 e. The van der Waals surface area contributed by atoms with Crippen LogP contribution in [0.25, 0.3) is 0 Å². The van der Waals surface area contributed by atoms with Gasteiger partial charge in [0.1, 0.15) is 6.07 Å². The average Bonchev–Trinajstić information content (AvgIpc) is 2.19. The van der Waals surface area contributed by atoms with Gasteiger partial charge in [0.15, 0.2) is 5.69 Å². The minimum absolute atomic E-state index is 0.299. The van der Waals surface area contributed by atoms with E-state index in [0.717, 1.165) is 11.8 Å². The predicted octanol–water partition coefficient (Wildman–Crippen LogP) is 1.51. The molecule has 0 bridgehead atoms. The van der Waals surface area contributed by atoms with Crippen LogP contribution in [0.5, 0.6) is 5.88 Å². The number of nitrogens with zero attached hydrogens (tertiary/aromatic N) is 3. The summed E-state index contributed by atoms with van der Waals surface area (Å²) in [4.78, 5) is 7.71. The van der Waals surface area contributed by atoms with Gasteiger partial charge in [-0.15, -0.1) is 0 Å². The zero-order valence-corrected chi connectivity index (χ0v) is 8.49. The number of ether oxygens (including phenoxy) is 1. The number of nitriles is 1. The van der Waals surface area contributed by atoms with Gasteiger partial charge in [-0.1, -0.05) is 15.9 Å². The molecule has 1 heterocycles. The Balaban J connectivity index is 2.46. The molecule has 0 spiro atoms. The van der Waals surface area contributed by atoms with Gasteiger partial charge in [-0.3, -0.25) is 0 Å². The molecule has 0 aliphatic heterocycles. The van der Waals surface area contributed by atoms with E-state index in [1.165, 1.54) is 12.4 Å². The Morgan fingerprint density at radius 1 is 1.46 bits per heavy atom. The zero-order chi connectivity index (χ0) is 9.52. The largest absolute Gasteiger partial charge is 0.477 e. The van der Waals surface area contributed by atoms with Crippen molar-refractivity contribution in [2.45, 2.75) is 6.42 Å². The van der Waals surface area contributed by atoms with Gasteiger partial charge >= 0.3 is 0 Å². The predicted molar refractivity (Wildman–Crippen MR) is 50.7 cm³/mol. The Labute approximate surface area is 84.7 Å². The van der Waals surface area contributed by atoms with Crippen molar-refractivity contribution in [2.75, 3.05) is 11.9 Å². The third-order valence-electron chi connectivity index (χ3n) is 1.27. The highest BCUT2D eigenvalue weighted by Crippen LogP contribution is 2.03. The summed E-state index contributed by atoms with van der Waals surface area (Å²) >= 11 is 3.29. The Kier molecular flexibility index (Phi) is 4.19. The van der Waals surface area contributed by atoms with E-state index in [2.05, 4.69) is 25.9 Å². The first-order valence-corrected chi connectivity index (χ1v) is 4.90. The first-order valence-electron chi connectivity index (χ1n) is 3.77.